The number of aliphatic hydroxyl groups is 1. The molecule has 1 aromatic heterocycles. The van der Waals surface area contributed by atoms with E-state index in [0.717, 1.165) is 0 Å². The number of carbonyl (C=O) groups is 1. The van der Waals surface area contributed by atoms with Gasteiger partial charge in [-0.2, -0.15) is 0 Å². The largest absolute Gasteiger partial charge is 0.395 e. The third kappa shape index (κ3) is 5.58. The lowest BCUT2D eigenvalue weighted by molar-refractivity contribution is 0.0985. The number of hydrogen-bond acceptors (Lipinski definition) is 8. The molecule has 2 aromatic carbocycles. The molecule has 0 radical (unpaired) electrons. The lowest BCUT2D eigenvalue weighted by Crippen LogP contribution is -2.44. The van der Waals surface area contributed by atoms with Gasteiger partial charge in [-0.25, -0.2) is 23.2 Å². The molecule has 1 aliphatic carbocycles. The van der Waals surface area contributed by atoms with Crippen LogP contribution in [0.1, 0.15) is 25.5 Å². The first-order valence-electron chi connectivity index (χ1n) is 12.7. The Hall–Kier alpha value is -3.25. The van der Waals surface area contributed by atoms with Crippen molar-refractivity contribution in [2.24, 2.45) is 0 Å². The van der Waals surface area contributed by atoms with Gasteiger partial charge in [0.25, 0.3) is 0 Å². The van der Waals surface area contributed by atoms with Crippen molar-refractivity contribution in [2.75, 3.05) is 43.1 Å². The first-order valence-corrected chi connectivity index (χ1v) is 14.6. The van der Waals surface area contributed by atoms with Gasteiger partial charge in [-0.3, -0.25) is 0 Å². The van der Waals surface area contributed by atoms with Crippen molar-refractivity contribution in [3.63, 3.8) is 0 Å². The van der Waals surface area contributed by atoms with Gasteiger partial charge in [0.1, 0.15) is 10.6 Å². The number of halogens is 1. The van der Waals surface area contributed by atoms with Crippen LogP contribution in [0, 0.1) is 0 Å². The van der Waals surface area contributed by atoms with Crippen molar-refractivity contribution in [3.05, 3.63) is 65.3 Å². The van der Waals surface area contributed by atoms with Crippen LogP contribution in [0.25, 0.3) is 11.4 Å². The van der Waals surface area contributed by atoms with Crippen LogP contribution in [0.2, 0.25) is 5.02 Å². The van der Waals surface area contributed by atoms with Crippen molar-refractivity contribution in [3.8, 4) is 11.4 Å². The first kappa shape index (κ1) is 27.3. The van der Waals surface area contributed by atoms with E-state index in [0.29, 0.717) is 66.2 Å². The molecule has 2 aliphatic rings. The maximum absolute atomic E-state index is 13.9. The van der Waals surface area contributed by atoms with Gasteiger partial charge in [-0.15, -0.1) is 0 Å². The van der Waals surface area contributed by atoms with Crippen LogP contribution in [-0.4, -0.2) is 68.5 Å². The first-order chi connectivity index (χ1) is 18.7. The molecule has 1 aliphatic heterocycles. The van der Waals surface area contributed by atoms with E-state index in [1.165, 1.54) is 12.1 Å². The number of benzene rings is 2. The van der Waals surface area contributed by atoms with E-state index < -0.39 is 20.6 Å². The molecule has 0 unspecified atom stereocenters. The third-order valence-corrected chi connectivity index (χ3v) is 9.77. The van der Waals surface area contributed by atoms with Crippen molar-refractivity contribution in [1.29, 1.82) is 0 Å². The number of carbonyl (C=O) groups excluding carboxylic acids is 1. The summed E-state index contributed by atoms with van der Waals surface area (Å²) in [6.07, 6.45) is 0.913. The van der Waals surface area contributed by atoms with E-state index >= 15 is 0 Å². The highest BCUT2D eigenvalue weighted by Crippen LogP contribution is 2.55. The molecule has 3 aromatic rings. The molecule has 1 saturated carbocycles. The van der Waals surface area contributed by atoms with E-state index in [4.69, 9.17) is 31.4 Å². The summed E-state index contributed by atoms with van der Waals surface area (Å²) in [6, 6.07) is 14.7. The Morgan fingerprint density at radius 1 is 1.15 bits per heavy atom. The molecule has 2 amide bonds. The minimum Gasteiger partial charge on any atom is -0.395 e. The minimum atomic E-state index is -3.75. The molecule has 0 spiro atoms. The summed E-state index contributed by atoms with van der Waals surface area (Å²) in [7, 11) is -3.75. The average molecular weight is 572 g/mol. The molecule has 12 heteroatoms. The second kappa shape index (κ2) is 11.1. The number of amides is 2. The second-order valence-corrected chi connectivity index (χ2v) is 12.4. The maximum Gasteiger partial charge on any atom is 0.319 e. The van der Waals surface area contributed by atoms with Crippen LogP contribution < -0.4 is 15.5 Å². The fraction of sp³-hybridized carbons (Fsp3) is 0.370. The van der Waals surface area contributed by atoms with E-state index in [1.807, 2.05) is 6.92 Å². The minimum absolute atomic E-state index is 0.0568. The summed E-state index contributed by atoms with van der Waals surface area (Å²) in [5.41, 5.74) is 1.69. The molecular formula is C27H30ClN5O5S. The van der Waals surface area contributed by atoms with Crippen molar-refractivity contribution < 1.29 is 23.1 Å². The van der Waals surface area contributed by atoms with Crippen LogP contribution in [-0.2, 0) is 19.3 Å². The Bertz CT molecular complexity index is 1450. The van der Waals surface area contributed by atoms with Crippen LogP contribution in [0.5, 0.6) is 0 Å². The molecule has 2 fully saturated rings. The number of morpholine rings is 1. The number of ether oxygens (including phenoxy) is 1. The van der Waals surface area contributed by atoms with E-state index in [2.05, 4.69) is 15.5 Å². The average Bonchev–Trinajstić information content (AvgIpc) is 3.76. The number of nitrogens with one attached hydrogen (secondary N) is 2. The highest BCUT2D eigenvalue weighted by Gasteiger charge is 2.58. The quantitative estimate of drug-likeness (QED) is 0.373. The van der Waals surface area contributed by atoms with Gasteiger partial charge in [-0.1, -0.05) is 11.6 Å². The monoisotopic (exact) mass is 571 g/mol. The number of urea groups is 1. The van der Waals surface area contributed by atoms with Crippen LogP contribution in [0.15, 0.2) is 59.5 Å². The number of sulfone groups is 1. The normalized spacial score (nSPS) is 18.4. The SMILES string of the molecule is C[C@H]1COCCN1c1cc(C2(S(=O)(=O)c3ccc(Cl)cc3)CC2)nc(-c2ccc(NC(=O)NCCO)cc2)n1. The molecule has 2 heterocycles. The van der Waals surface area contributed by atoms with Gasteiger partial charge in [0.05, 0.1) is 36.5 Å². The van der Waals surface area contributed by atoms with E-state index in [-0.39, 0.29) is 24.1 Å². The van der Waals surface area contributed by atoms with Gasteiger partial charge in [0.2, 0.25) is 0 Å². The maximum atomic E-state index is 13.9. The third-order valence-electron chi connectivity index (χ3n) is 6.98. The second-order valence-electron chi connectivity index (χ2n) is 9.69. The fourth-order valence-corrected chi connectivity index (χ4v) is 6.77. The van der Waals surface area contributed by atoms with E-state index in [1.54, 1.807) is 42.5 Å². The molecule has 1 saturated heterocycles. The number of aliphatic hydroxyl groups excluding tert-OH is 1. The summed E-state index contributed by atoms with van der Waals surface area (Å²) >= 11 is 6.01. The molecule has 206 valence electrons. The van der Waals surface area contributed by atoms with Crippen LogP contribution in [0.3, 0.4) is 0 Å². The lowest BCUT2D eigenvalue weighted by atomic mass is 10.1. The fourth-order valence-electron chi connectivity index (χ4n) is 4.67. The van der Waals surface area contributed by atoms with Crippen LogP contribution in [0.4, 0.5) is 16.3 Å². The highest BCUT2D eigenvalue weighted by atomic mass is 35.5. The standard InChI is InChI=1S/C27H30ClN5O5S/c1-18-17-38-15-13-33(18)24-16-23(27(10-11-27)39(36,37)22-8-4-20(28)5-9-22)31-25(32-24)19-2-6-21(7-3-19)30-26(35)29-12-14-34/h2-9,16,18,34H,10-15,17H2,1H3,(H2,29,30,35)/t18-/m0/s1. The van der Waals surface area contributed by atoms with Gasteiger partial charge in [0, 0.05) is 35.4 Å². The van der Waals surface area contributed by atoms with Crippen molar-refractivity contribution >= 4 is 39.0 Å². The number of rotatable bonds is 8. The summed E-state index contributed by atoms with van der Waals surface area (Å²) in [5.74, 6) is 1.05. The number of hydrogen-bond donors (Lipinski definition) is 3. The number of nitrogens with zero attached hydrogens (tertiary/aromatic N) is 3. The molecule has 3 N–H and O–H groups in total. The zero-order valence-corrected chi connectivity index (χ0v) is 23.0. The number of aromatic nitrogens is 2. The summed E-state index contributed by atoms with van der Waals surface area (Å²) < 4.78 is 32.2. The Kier molecular flexibility index (Phi) is 7.77. The van der Waals surface area contributed by atoms with Crippen LogP contribution >= 0.6 is 11.6 Å². The van der Waals surface area contributed by atoms with Crippen molar-refractivity contribution in [2.45, 2.75) is 35.4 Å². The molecular weight excluding hydrogens is 542 g/mol. The molecule has 10 nitrogen and oxygen atoms in total. The topological polar surface area (TPSA) is 134 Å². The predicted molar refractivity (Wildman–Crippen MR) is 149 cm³/mol. The zero-order valence-electron chi connectivity index (χ0n) is 21.4. The van der Waals surface area contributed by atoms with E-state index in [9.17, 15) is 13.2 Å². The Morgan fingerprint density at radius 3 is 2.51 bits per heavy atom. The number of anilines is 2. The smallest absolute Gasteiger partial charge is 0.319 e. The highest BCUT2D eigenvalue weighted by molar-refractivity contribution is 7.92. The van der Waals surface area contributed by atoms with Crippen molar-refractivity contribution in [1.82, 2.24) is 15.3 Å². The predicted octanol–water partition coefficient (Wildman–Crippen LogP) is 3.60. The molecule has 1 atom stereocenters. The van der Waals surface area contributed by atoms with Gasteiger partial charge < -0.3 is 25.4 Å². The van der Waals surface area contributed by atoms with Gasteiger partial charge >= 0.3 is 6.03 Å². The summed E-state index contributed by atoms with van der Waals surface area (Å²) in [5, 5.41) is 14.6. The zero-order chi connectivity index (χ0) is 27.6. The molecule has 39 heavy (non-hydrogen) atoms. The Morgan fingerprint density at radius 2 is 1.87 bits per heavy atom. The Labute approximate surface area is 232 Å². The Balaban J connectivity index is 1.53. The van der Waals surface area contributed by atoms with Gasteiger partial charge in [0.15, 0.2) is 15.7 Å². The molecule has 5 rings (SSSR count). The lowest BCUT2D eigenvalue weighted by Gasteiger charge is -2.34. The summed E-state index contributed by atoms with van der Waals surface area (Å²) in [6.45, 7) is 3.75. The molecule has 0 bridgehead atoms. The summed E-state index contributed by atoms with van der Waals surface area (Å²) in [4.78, 5) is 23.9. The van der Waals surface area contributed by atoms with Gasteiger partial charge in [-0.05, 0) is 68.3 Å².